The van der Waals surface area contributed by atoms with E-state index in [9.17, 15) is 12.8 Å². The molecule has 0 bridgehead atoms. The summed E-state index contributed by atoms with van der Waals surface area (Å²) >= 11 is 11.5. The van der Waals surface area contributed by atoms with Crippen LogP contribution in [0.3, 0.4) is 0 Å². The number of nitrogens with zero attached hydrogens (tertiary/aromatic N) is 1. The Morgan fingerprint density at radius 3 is 2.70 bits per heavy atom. The average molecular weight is 340 g/mol. The van der Waals surface area contributed by atoms with Crippen LogP contribution in [0.4, 0.5) is 4.39 Å². The third-order valence-corrected chi connectivity index (χ3v) is 6.04. The van der Waals surface area contributed by atoms with Crippen molar-refractivity contribution in [1.82, 2.24) is 4.31 Å². The van der Waals surface area contributed by atoms with Crippen LogP contribution >= 0.6 is 23.2 Å². The molecule has 0 N–H and O–H groups in total. The Bertz CT molecular complexity index is 607. The minimum Gasteiger partial charge on any atom is -0.207 e. The summed E-state index contributed by atoms with van der Waals surface area (Å²) in [6, 6.07) is 2.50. The van der Waals surface area contributed by atoms with Crippen molar-refractivity contribution < 1.29 is 12.8 Å². The van der Waals surface area contributed by atoms with Crippen molar-refractivity contribution in [2.75, 3.05) is 13.1 Å². The van der Waals surface area contributed by atoms with E-state index in [-0.39, 0.29) is 21.4 Å². The average Bonchev–Trinajstić information content (AvgIpc) is 2.90. The molecule has 1 atom stereocenters. The number of sulfonamides is 1. The first-order valence-corrected chi connectivity index (χ1v) is 8.79. The molecule has 0 aromatic heterocycles. The molecule has 1 heterocycles. The summed E-state index contributed by atoms with van der Waals surface area (Å²) in [7, 11) is -3.85. The van der Waals surface area contributed by atoms with E-state index in [0.29, 0.717) is 19.0 Å². The summed E-state index contributed by atoms with van der Waals surface area (Å²) in [5.74, 6) is -0.587. The number of benzene rings is 1. The monoisotopic (exact) mass is 339 g/mol. The highest BCUT2D eigenvalue weighted by Gasteiger charge is 2.34. The number of alkyl halides is 1. The van der Waals surface area contributed by atoms with Gasteiger partial charge in [-0.05, 0) is 24.5 Å². The van der Waals surface area contributed by atoms with Gasteiger partial charge >= 0.3 is 0 Å². The summed E-state index contributed by atoms with van der Waals surface area (Å²) in [5, 5.41) is 0.173. The van der Waals surface area contributed by atoms with Crippen molar-refractivity contribution >= 4 is 33.2 Å². The Labute approximate surface area is 128 Å². The number of halogens is 3. The maximum atomic E-state index is 14.2. The van der Waals surface area contributed by atoms with E-state index in [1.165, 1.54) is 10.4 Å². The molecule has 0 saturated carbocycles. The van der Waals surface area contributed by atoms with E-state index in [4.69, 9.17) is 23.2 Å². The Morgan fingerprint density at radius 2 is 2.15 bits per heavy atom. The van der Waals surface area contributed by atoms with Crippen LogP contribution in [0.2, 0.25) is 5.02 Å². The van der Waals surface area contributed by atoms with E-state index in [1.807, 2.05) is 6.92 Å². The van der Waals surface area contributed by atoms with E-state index in [0.717, 1.165) is 18.9 Å². The lowest BCUT2D eigenvalue weighted by molar-refractivity contribution is 0.447. The van der Waals surface area contributed by atoms with Gasteiger partial charge in [-0.25, -0.2) is 12.8 Å². The van der Waals surface area contributed by atoms with Crippen LogP contribution in [0.1, 0.15) is 25.3 Å². The van der Waals surface area contributed by atoms with Gasteiger partial charge in [0.15, 0.2) is 0 Å². The maximum Gasteiger partial charge on any atom is 0.246 e. The Kier molecular flexibility index (Phi) is 4.95. The van der Waals surface area contributed by atoms with E-state index in [1.54, 1.807) is 0 Å². The van der Waals surface area contributed by atoms with Crippen molar-refractivity contribution in [3.8, 4) is 0 Å². The van der Waals surface area contributed by atoms with Gasteiger partial charge in [-0.2, -0.15) is 4.31 Å². The van der Waals surface area contributed by atoms with Gasteiger partial charge in [-0.3, -0.25) is 0 Å². The number of rotatable bonds is 4. The molecule has 2 rings (SSSR count). The fourth-order valence-corrected chi connectivity index (χ4v) is 4.56. The van der Waals surface area contributed by atoms with Crippen LogP contribution in [0, 0.1) is 11.7 Å². The van der Waals surface area contributed by atoms with E-state index < -0.39 is 15.8 Å². The van der Waals surface area contributed by atoms with Crippen molar-refractivity contribution in [2.45, 2.75) is 30.5 Å². The third-order valence-electron chi connectivity index (χ3n) is 3.67. The lowest BCUT2D eigenvalue weighted by Gasteiger charge is -2.18. The molecule has 0 spiro atoms. The van der Waals surface area contributed by atoms with Crippen LogP contribution in [-0.2, 0) is 15.9 Å². The second-order valence-corrected chi connectivity index (χ2v) is 7.55. The molecule has 1 fully saturated rings. The highest BCUT2D eigenvalue weighted by atomic mass is 35.5. The molecule has 1 aromatic rings. The highest BCUT2D eigenvalue weighted by molar-refractivity contribution is 7.89. The largest absolute Gasteiger partial charge is 0.246 e. The van der Waals surface area contributed by atoms with Crippen LogP contribution in [0.5, 0.6) is 0 Å². The van der Waals surface area contributed by atoms with Gasteiger partial charge in [-0.1, -0.05) is 24.9 Å². The number of hydrogen-bond acceptors (Lipinski definition) is 2. The SMILES string of the molecule is CCC1CCN(S(=O)(=O)c2cc(Cl)cc(CCl)c2F)C1. The van der Waals surface area contributed by atoms with Gasteiger partial charge in [0.2, 0.25) is 10.0 Å². The van der Waals surface area contributed by atoms with Crippen molar-refractivity contribution in [1.29, 1.82) is 0 Å². The lowest BCUT2D eigenvalue weighted by Crippen LogP contribution is -2.29. The first-order valence-electron chi connectivity index (χ1n) is 6.44. The molecule has 1 aliphatic rings. The predicted octanol–water partition coefficient (Wildman–Crippen LogP) is 3.64. The quantitative estimate of drug-likeness (QED) is 0.785. The van der Waals surface area contributed by atoms with Gasteiger partial charge in [0.25, 0.3) is 0 Å². The zero-order chi connectivity index (χ0) is 14.9. The van der Waals surface area contributed by atoms with Crippen LogP contribution in [-0.4, -0.2) is 25.8 Å². The minimum absolute atomic E-state index is 0.101. The highest BCUT2D eigenvalue weighted by Crippen LogP contribution is 2.30. The van der Waals surface area contributed by atoms with Crippen LogP contribution in [0.15, 0.2) is 17.0 Å². The van der Waals surface area contributed by atoms with Gasteiger partial charge in [0.05, 0.1) is 5.88 Å². The first-order chi connectivity index (χ1) is 9.40. The zero-order valence-corrected chi connectivity index (χ0v) is 13.4. The molecule has 1 saturated heterocycles. The molecular formula is C13H16Cl2FNO2S. The van der Waals surface area contributed by atoms with Crippen LogP contribution < -0.4 is 0 Å². The fourth-order valence-electron chi connectivity index (χ4n) is 2.39. The summed E-state index contributed by atoms with van der Waals surface area (Å²) in [5.41, 5.74) is 0.101. The van der Waals surface area contributed by atoms with Gasteiger partial charge in [0.1, 0.15) is 10.7 Å². The van der Waals surface area contributed by atoms with Crippen molar-refractivity contribution in [3.63, 3.8) is 0 Å². The summed E-state index contributed by atoms with van der Waals surface area (Å²) in [4.78, 5) is -0.377. The standard InChI is InChI=1S/C13H16Cl2FNO2S/c1-2-9-3-4-17(8-9)20(18,19)12-6-11(15)5-10(7-14)13(12)16/h5-6,9H,2-4,7-8H2,1H3. The molecular weight excluding hydrogens is 324 g/mol. The summed E-state index contributed by atoms with van der Waals surface area (Å²) in [6.07, 6.45) is 1.72. The van der Waals surface area contributed by atoms with E-state index in [2.05, 4.69) is 0 Å². The summed E-state index contributed by atoms with van der Waals surface area (Å²) < 4.78 is 40.6. The molecule has 20 heavy (non-hydrogen) atoms. The normalized spacial score (nSPS) is 20.5. The Hall–Kier alpha value is -0.360. The molecule has 1 unspecified atom stereocenters. The second kappa shape index (κ2) is 6.18. The van der Waals surface area contributed by atoms with Crippen molar-refractivity contribution in [2.24, 2.45) is 5.92 Å². The lowest BCUT2D eigenvalue weighted by atomic mass is 10.1. The molecule has 0 amide bonds. The summed E-state index contributed by atoms with van der Waals surface area (Å²) in [6.45, 7) is 2.87. The molecule has 3 nitrogen and oxygen atoms in total. The van der Waals surface area contributed by atoms with E-state index >= 15 is 0 Å². The smallest absolute Gasteiger partial charge is 0.207 e. The molecule has 112 valence electrons. The molecule has 0 radical (unpaired) electrons. The molecule has 1 aliphatic heterocycles. The van der Waals surface area contributed by atoms with Gasteiger partial charge in [0, 0.05) is 23.7 Å². The zero-order valence-electron chi connectivity index (χ0n) is 11.1. The van der Waals surface area contributed by atoms with Crippen molar-refractivity contribution in [3.05, 3.63) is 28.5 Å². The molecule has 1 aromatic carbocycles. The fraction of sp³-hybridized carbons (Fsp3) is 0.538. The Balaban J connectivity index is 2.42. The van der Waals surface area contributed by atoms with Gasteiger partial charge in [-0.15, -0.1) is 11.6 Å². The predicted molar refractivity (Wildman–Crippen MR) is 78.1 cm³/mol. The minimum atomic E-state index is -3.85. The first kappa shape index (κ1) is 16.0. The topological polar surface area (TPSA) is 37.4 Å². The third kappa shape index (κ3) is 2.96. The second-order valence-electron chi connectivity index (χ2n) is 4.94. The number of hydrogen-bond donors (Lipinski definition) is 0. The van der Waals surface area contributed by atoms with Gasteiger partial charge < -0.3 is 0 Å². The molecule has 0 aliphatic carbocycles. The maximum absolute atomic E-state index is 14.2. The van der Waals surface area contributed by atoms with Crippen LogP contribution in [0.25, 0.3) is 0 Å². The molecule has 7 heteroatoms. The Morgan fingerprint density at radius 1 is 1.45 bits per heavy atom.